The lowest BCUT2D eigenvalue weighted by Gasteiger charge is -2.09. The summed E-state index contributed by atoms with van der Waals surface area (Å²) in [6, 6.07) is 7.83. The largest absolute Gasteiger partial charge is 0.496 e. The summed E-state index contributed by atoms with van der Waals surface area (Å²) in [6.07, 6.45) is 0.771. The molecule has 0 spiro atoms. The SMILES string of the molecule is COc1ccccc1CCNc1nc(N)nc(Cl)n1. The molecule has 0 saturated heterocycles. The first kappa shape index (κ1) is 13.4. The van der Waals surface area contributed by atoms with Crippen LogP contribution < -0.4 is 15.8 Å². The number of hydrogen-bond donors (Lipinski definition) is 2. The molecule has 2 rings (SSSR count). The van der Waals surface area contributed by atoms with Crippen molar-refractivity contribution in [2.75, 3.05) is 24.7 Å². The number of hydrogen-bond acceptors (Lipinski definition) is 6. The van der Waals surface area contributed by atoms with Crippen LogP contribution in [0.15, 0.2) is 24.3 Å². The normalized spacial score (nSPS) is 10.2. The van der Waals surface area contributed by atoms with Crippen LogP contribution in [-0.2, 0) is 6.42 Å². The number of nitrogens with zero attached hydrogens (tertiary/aromatic N) is 3. The van der Waals surface area contributed by atoms with Gasteiger partial charge < -0.3 is 15.8 Å². The van der Waals surface area contributed by atoms with Gasteiger partial charge in [0.2, 0.25) is 17.2 Å². The fraction of sp³-hybridized carbons (Fsp3) is 0.250. The molecule has 1 heterocycles. The molecule has 0 aliphatic rings. The second kappa shape index (κ2) is 6.19. The first-order valence-electron chi connectivity index (χ1n) is 5.72. The maximum atomic E-state index is 5.69. The van der Waals surface area contributed by atoms with Crippen LogP contribution in [0.5, 0.6) is 5.75 Å². The lowest BCUT2D eigenvalue weighted by atomic mass is 10.1. The van der Waals surface area contributed by atoms with Crippen LogP contribution in [0.3, 0.4) is 0 Å². The Hall–Kier alpha value is -2.08. The number of halogens is 1. The molecule has 2 aromatic rings. The van der Waals surface area contributed by atoms with Gasteiger partial charge in [0.1, 0.15) is 5.75 Å². The van der Waals surface area contributed by atoms with Crippen molar-refractivity contribution in [1.29, 1.82) is 0 Å². The Kier molecular flexibility index (Phi) is 4.35. The number of ether oxygens (including phenoxy) is 1. The zero-order valence-electron chi connectivity index (χ0n) is 10.4. The molecule has 0 aliphatic heterocycles. The molecule has 1 aromatic heterocycles. The van der Waals surface area contributed by atoms with E-state index in [0.717, 1.165) is 17.7 Å². The van der Waals surface area contributed by atoms with Crippen molar-refractivity contribution in [2.45, 2.75) is 6.42 Å². The fourth-order valence-corrected chi connectivity index (χ4v) is 1.83. The highest BCUT2D eigenvalue weighted by molar-refractivity contribution is 6.28. The third kappa shape index (κ3) is 3.69. The van der Waals surface area contributed by atoms with Crippen LogP contribution >= 0.6 is 11.6 Å². The minimum absolute atomic E-state index is 0.0762. The van der Waals surface area contributed by atoms with E-state index < -0.39 is 0 Å². The summed E-state index contributed by atoms with van der Waals surface area (Å²) < 4.78 is 5.28. The minimum atomic E-state index is 0.0762. The number of nitrogen functional groups attached to an aromatic ring is 1. The Morgan fingerprint density at radius 3 is 2.79 bits per heavy atom. The third-order valence-corrected chi connectivity index (χ3v) is 2.66. The van der Waals surface area contributed by atoms with Gasteiger partial charge in [-0.15, -0.1) is 0 Å². The van der Waals surface area contributed by atoms with Crippen LogP contribution in [-0.4, -0.2) is 28.6 Å². The lowest BCUT2D eigenvalue weighted by Crippen LogP contribution is -2.10. The van der Waals surface area contributed by atoms with Crippen LogP contribution in [0, 0.1) is 0 Å². The molecular weight excluding hydrogens is 266 g/mol. The number of nitrogens with two attached hydrogens (primary N) is 1. The van der Waals surface area contributed by atoms with Crippen molar-refractivity contribution in [3.8, 4) is 5.75 Å². The molecule has 6 nitrogen and oxygen atoms in total. The standard InChI is InChI=1S/C12H14ClN5O/c1-19-9-5-3-2-4-8(9)6-7-15-12-17-10(13)16-11(14)18-12/h2-5H,6-7H2,1H3,(H3,14,15,16,17,18). The summed E-state index contributed by atoms with van der Waals surface area (Å²) in [5.41, 5.74) is 6.58. The summed E-state index contributed by atoms with van der Waals surface area (Å²) in [7, 11) is 1.65. The summed E-state index contributed by atoms with van der Waals surface area (Å²) in [5.74, 6) is 1.32. The molecule has 0 saturated carbocycles. The topological polar surface area (TPSA) is 86.0 Å². The highest BCUT2D eigenvalue weighted by Gasteiger charge is 2.04. The monoisotopic (exact) mass is 279 g/mol. The van der Waals surface area contributed by atoms with E-state index in [2.05, 4.69) is 20.3 Å². The van der Waals surface area contributed by atoms with E-state index in [9.17, 15) is 0 Å². The van der Waals surface area contributed by atoms with Crippen molar-refractivity contribution < 1.29 is 4.74 Å². The molecule has 100 valence electrons. The molecule has 0 atom stereocenters. The van der Waals surface area contributed by atoms with Gasteiger partial charge in [0.15, 0.2) is 0 Å². The Bertz CT molecular complexity index is 543. The maximum Gasteiger partial charge on any atom is 0.228 e. The van der Waals surface area contributed by atoms with Gasteiger partial charge in [-0.05, 0) is 29.7 Å². The number of para-hydroxylation sites is 1. The van der Waals surface area contributed by atoms with Crippen LogP contribution in [0.2, 0.25) is 5.28 Å². The smallest absolute Gasteiger partial charge is 0.228 e. The number of methoxy groups -OCH3 is 1. The number of nitrogens with one attached hydrogen (secondary N) is 1. The van der Waals surface area contributed by atoms with E-state index in [1.807, 2.05) is 24.3 Å². The Balaban J connectivity index is 1.96. The number of rotatable bonds is 5. The van der Waals surface area contributed by atoms with E-state index in [1.165, 1.54) is 0 Å². The average molecular weight is 280 g/mol. The quantitative estimate of drug-likeness (QED) is 0.867. The zero-order valence-corrected chi connectivity index (χ0v) is 11.2. The van der Waals surface area contributed by atoms with Gasteiger partial charge in [-0.2, -0.15) is 15.0 Å². The highest BCUT2D eigenvalue weighted by atomic mass is 35.5. The molecule has 1 aromatic carbocycles. The molecule has 0 aliphatic carbocycles. The molecule has 19 heavy (non-hydrogen) atoms. The van der Waals surface area contributed by atoms with E-state index in [0.29, 0.717) is 12.5 Å². The van der Waals surface area contributed by atoms with E-state index in [-0.39, 0.29) is 11.2 Å². The molecule has 0 amide bonds. The van der Waals surface area contributed by atoms with E-state index in [1.54, 1.807) is 7.11 Å². The summed E-state index contributed by atoms with van der Waals surface area (Å²) in [6.45, 7) is 0.639. The predicted molar refractivity (Wildman–Crippen MR) is 74.4 cm³/mol. The highest BCUT2D eigenvalue weighted by Crippen LogP contribution is 2.17. The second-order valence-corrected chi connectivity index (χ2v) is 4.11. The molecule has 3 N–H and O–H groups in total. The Morgan fingerprint density at radius 2 is 2.05 bits per heavy atom. The summed E-state index contributed by atoms with van der Waals surface area (Å²) in [5, 5.41) is 3.12. The van der Waals surface area contributed by atoms with Crippen molar-refractivity contribution in [2.24, 2.45) is 0 Å². The Morgan fingerprint density at radius 1 is 1.26 bits per heavy atom. The molecule has 0 fully saturated rings. The van der Waals surface area contributed by atoms with E-state index in [4.69, 9.17) is 22.1 Å². The van der Waals surface area contributed by atoms with Crippen LogP contribution in [0.4, 0.5) is 11.9 Å². The van der Waals surface area contributed by atoms with Gasteiger partial charge in [0.05, 0.1) is 7.11 Å². The first-order chi connectivity index (χ1) is 9.19. The van der Waals surface area contributed by atoms with Gasteiger partial charge >= 0.3 is 0 Å². The predicted octanol–water partition coefficient (Wildman–Crippen LogP) is 1.77. The van der Waals surface area contributed by atoms with Crippen molar-refractivity contribution >= 4 is 23.5 Å². The first-order valence-corrected chi connectivity index (χ1v) is 6.09. The molecular formula is C12H14ClN5O. The van der Waals surface area contributed by atoms with Gasteiger partial charge in [-0.3, -0.25) is 0 Å². The maximum absolute atomic E-state index is 5.69. The third-order valence-electron chi connectivity index (χ3n) is 2.50. The van der Waals surface area contributed by atoms with Crippen molar-refractivity contribution in [3.63, 3.8) is 0 Å². The Labute approximate surface area is 116 Å². The van der Waals surface area contributed by atoms with Crippen LogP contribution in [0.1, 0.15) is 5.56 Å². The number of anilines is 2. The fourth-order valence-electron chi connectivity index (χ4n) is 1.66. The van der Waals surface area contributed by atoms with Crippen LogP contribution in [0.25, 0.3) is 0 Å². The summed E-state index contributed by atoms with van der Waals surface area (Å²) >= 11 is 5.69. The number of benzene rings is 1. The average Bonchev–Trinajstić information content (AvgIpc) is 2.38. The molecule has 0 bridgehead atoms. The molecule has 0 unspecified atom stereocenters. The second-order valence-electron chi connectivity index (χ2n) is 3.77. The summed E-state index contributed by atoms with van der Waals surface area (Å²) in [4.78, 5) is 11.6. The van der Waals surface area contributed by atoms with Gasteiger partial charge in [0, 0.05) is 6.54 Å². The lowest BCUT2D eigenvalue weighted by molar-refractivity contribution is 0.410. The van der Waals surface area contributed by atoms with Gasteiger partial charge in [-0.25, -0.2) is 0 Å². The van der Waals surface area contributed by atoms with E-state index >= 15 is 0 Å². The van der Waals surface area contributed by atoms with Crippen molar-refractivity contribution in [1.82, 2.24) is 15.0 Å². The molecule has 0 radical (unpaired) electrons. The van der Waals surface area contributed by atoms with Gasteiger partial charge in [-0.1, -0.05) is 18.2 Å². The minimum Gasteiger partial charge on any atom is -0.496 e. The molecule has 7 heteroatoms. The van der Waals surface area contributed by atoms with Crippen molar-refractivity contribution in [3.05, 3.63) is 35.1 Å². The van der Waals surface area contributed by atoms with Gasteiger partial charge in [0.25, 0.3) is 0 Å². The zero-order chi connectivity index (χ0) is 13.7. The number of aromatic nitrogens is 3.